The van der Waals surface area contributed by atoms with E-state index in [2.05, 4.69) is 35.4 Å². The lowest BCUT2D eigenvalue weighted by Gasteiger charge is -2.17. The predicted octanol–water partition coefficient (Wildman–Crippen LogP) is 0.00630. The second kappa shape index (κ2) is 4.47. The van der Waals surface area contributed by atoms with E-state index in [1.54, 1.807) is 0 Å². The van der Waals surface area contributed by atoms with Crippen molar-refractivity contribution in [1.82, 2.24) is 0 Å². The molecule has 0 amide bonds. The molecule has 0 heterocycles. The fourth-order valence-electron chi connectivity index (χ4n) is 1.43. The largest absolute Gasteiger partial charge is 0.439 e. The summed E-state index contributed by atoms with van der Waals surface area (Å²) < 4.78 is 2.45. The van der Waals surface area contributed by atoms with Crippen molar-refractivity contribution in [2.75, 3.05) is 4.23 Å². The lowest BCUT2D eigenvalue weighted by Crippen LogP contribution is -2.15. The van der Waals surface area contributed by atoms with Gasteiger partial charge < -0.3 is 4.23 Å². The summed E-state index contributed by atoms with van der Waals surface area (Å²) >= 11 is 0. The van der Waals surface area contributed by atoms with Crippen LogP contribution >= 0.6 is 0 Å². The van der Waals surface area contributed by atoms with Crippen molar-refractivity contribution in [3.05, 3.63) is 29.8 Å². The summed E-state index contributed by atoms with van der Waals surface area (Å²) in [6.07, 6.45) is 2.46. The smallest absolute Gasteiger partial charge is 0.0965 e. The SMILES string of the molecule is CCCc1ccccc1N([SiH3])[SiH3]. The number of rotatable bonds is 3. The Morgan fingerprint density at radius 2 is 1.92 bits per heavy atom. The van der Waals surface area contributed by atoms with E-state index >= 15 is 0 Å². The molecule has 0 bridgehead atoms. The Balaban J connectivity index is 2.92. The van der Waals surface area contributed by atoms with Gasteiger partial charge in [-0.1, -0.05) is 31.5 Å². The molecule has 0 aromatic heterocycles. The van der Waals surface area contributed by atoms with Gasteiger partial charge in [-0.2, -0.15) is 0 Å². The number of nitrogens with zero attached hydrogens (tertiary/aromatic N) is 1. The Bertz CT molecular complexity index is 248. The van der Waals surface area contributed by atoms with Gasteiger partial charge in [0.05, 0.1) is 20.8 Å². The molecule has 0 aliphatic rings. The summed E-state index contributed by atoms with van der Waals surface area (Å²) in [4.78, 5) is 0. The van der Waals surface area contributed by atoms with Crippen LogP contribution in [0.5, 0.6) is 0 Å². The maximum Gasteiger partial charge on any atom is 0.0965 e. The first kappa shape index (κ1) is 9.54. The number of aryl methyl sites for hydroxylation is 1. The summed E-state index contributed by atoms with van der Waals surface area (Å²) in [5.41, 5.74) is 2.99. The zero-order valence-corrected chi connectivity index (χ0v) is 12.2. The van der Waals surface area contributed by atoms with E-state index in [0.717, 1.165) is 20.8 Å². The molecule has 0 radical (unpaired) electrons. The Hall–Kier alpha value is -0.546. The van der Waals surface area contributed by atoms with E-state index in [4.69, 9.17) is 0 Å². The maximum atomic E-state index is 2.45. The molecule has 0 spiro atoms. The zero-order valence-electron chi connectivity index (χ0n) is 8.17. The van der Waals surface area contributed by atoms with Crippen LogP contribution in [0.4, 0.5) is 5.69 Å². The number of hydrogen-bond acceptors (Lipinski definition) is 1. The normalized spacial score (nSPS) is 10.4. The van der Waals surface area contributed by atoms with Crippen molar-refractivity contribution >= 4 is 26.5 Å². The number of hydrogen-bond donors (Lipinski definition) is 0. The summed E-state index contributed by atoms with van der Waals surface area (Å²) in [6, 6.07) is 8.77. The number of benzene rings is 1. The van der Waals surface area contributed by atoms with E-state index in [-0.39, 0.29) is 0 Å². The highest BCUT2D eigenvalue weighted by atomic mass is 28.2. The quantitative estimate of drug-likeness (QED) is 0.614. The highest BCUT2D eigenvalue weighted by Gasteiger charge is 2.00. The van der Waals surface area contributed by atoms with Crippen LogP contribution < -0.4 is 4.23 Å². The molecule has 1 aromatic carbocycles. The van der Waals surface area contributed by atoms with Crippen molar-refractivity contribution in [2.24, 2.45) is 0 Å². The second-order valence-corrected chi connectivity index (χ2v) is 7.75. The highest BCUT2D eigenvalue weighted by Crippen LogP contribution is 2.18. The minimum Gasteiger partial charge on any atom is -0.439 e. The molecule has 1 rings (SSSR count). The second-order valence-electron chi connectivity index (χ2n) is 3.27. The Morgan fingerprint density at radius 3 is 2.50 bits per heavy atom. The van der Waals surface area contributed by atoms with Gasteiger partial charge in [0.25, 0.3) is 0 Å². The molecule has 0 unspecified atom stereocenters. The average molecular weight is 195 g/mol. The third kappa shape index (κ3) is 2.22. The fraction of sp³-hybridized carbons (Fsp3) is 0.333. The third-order valence-corrected chi connectivity index (χ3v) is 2.96. The maximum absolute atomic E-state index is 2.45. The predicted molar refractivity (Wildman–Crippen MR) is 62.8 cm³/mol. The van der Waals surface area contributed by atoms with E-state index in [1.807, 2.05) is 0 Å². The van der Waals surface area contributed by atoms with Gasteiger partial charge in [-0.15, -0.1) is 0 Å². The topological polar surface area (TPSA) is 3.24 Å². The minimum absolute atomic E-state index is 1.16. The first-order valence-electron chi connectivity index (χ1n) is 4.51. The third-order valence-electron chi connectivity index (χ3n) is 1.99. The van der Waals surface area contributed by atoms with Crippen LogP contribution in [0.25, 0.3) is 0 Å². The fourth-order valence-corrected chi connectivity index (χ4v) is 2.30. The number of para-hydroxylation sites is 1. The van der Waals surface area contributed by atoms with Crippen LogP contribution in [0.3, 0.4) is 0 Å². The van der Waals surface area contributed by atoms with Gasteiger partial charge in [-0.3, -0.25) is 0 Å². The molecular formula is C9H17NSi2. The van der Waals surface area contributed by atoms with Crippen molar-refractivity contribution in [3.63, 3.8) is 0 Å². The number of anilines is 1. The zero-order chi connectivity index (χ0) is 8.97. The van der Waals surface area contributed by atoms with E-state index in [9.17, 15) is 0 Å². The van der Waals surface area contributed by atoms with E-state index in [0.29, 0.717) is 0 Å². The van der Waals surface area contributed by atoms with Gasteiger partial charge in [-0.05, 0) is 18.1 Å². The summed E-state index contributed by atoms with van der Waals surface area (Å²) in [6.45, 7) is 2.24. The average Bonchev–Trinajstić information content (AvgIpc) is 2.05. The van der Waals surface area contributed by atoms with Crippen LogP contribution in [0.15, 0.2) is 24.3 Å². The first-order valence-corrected chi connectivity index (χ1v) is 6.29. The summed E-state index contributed by atoms with van der Waals surface area (Å²) in [5, 5.41) is 0. The van der Waals surface area contributed by atoms with Crippen molar-refractivity contribution in [2.45, 2.75) is 19.8 Å². The molecule has 12 heavy (non-hydrogen) atoms. The molecule has 0 aliphatic carbocycles. The molecule has 0 atom stereocenters. The Morgan fingerprint density at radius 1 is 1.25 bits per heavy atom. The molecule has 0 aliphatic heterocycles. The van der Waals surface area contributed by atoms with Crippen LogP contribution in [0.2, 0.25) is 0 Å². The van der Waals surface area contributed by atoms with Gasteiger partial charge in [-0.25, -0.2) is 0 Å². The van der Waals surface area contributed by atoms with Crippen LogP contribution in [-0.4, -0.2) is 20.8 Å². The molecule has 0 fully saturated rings. The molecule has 0 N–H and O–H groups in total. The van der Waals surface area contributed by atoms with Gasteiger partial charge in [0.2, 0.25) is 0 Å². The lowest BCUT2D eigenvalue weighted by atomic mass is 10.1. The molecule has 3 heteroatoms. The molecule has 66 valence electrons. The van der Waals surface area contributed by atoms with Gasteiger partial charge in [0.1, 0.15) is 0 Å². The molecule has 1 nitrogen and oxygen atoms in total. The minimum atomic E-state index is 1.16. The van der Waals surface area contributed by atoms with Crippen LogP contribution in [0.1, 0.15) is 18.9 Å². The first-order chi connectivity index (χ1) is 5.75. The highest BCUT2D eigenvalue weighted by molar-refractivity contribution is 6.41. The molecule has 1 aromatic rings. The Kier molecular flexibility index (Phi) is 3.56. The lowest BCUT2D eigenvalue weighted by molar-refractivity contribution is 0.922. The van der Waals surface area contributed by atoms with E-state index in [1.165, 1.54) is 24.1 Å². The van der Waals surface area contributed by atoms with E-state index < -0.39 is 0 Å². The summed E-state index contributed by atoms with van der Waals surface area (Å²) in [5.74, 6) is 0. The van der Waals surface area contributed by atoms with Crippen molar-refractivity contribution in [3.8, 4) is 0 Å². The van der Waals surface area contributed by atoms with Crippen molar-refractivity contribution < 1.29 is 0 Å². The summed E-state index contributed by atoms with van der Waals surface area (Å²) in [7, 11) is 2.31. The van der Waals surface area contributed by atoms with Crippen molar-refractivity contribution in [1.29, 1.82) is 0 Å². The standard InChI is InChI=1S/C9H17NSi2/c1-2-5-8-6-3-4-7-9(8)10(11)12/h3-4,6-7H,2,5H2,1,11-12H3. The molecular weight excluding hydrogens is 178 g/mol. The molecule has 0 saturated carbocycles. The van der Waals surface area contributed by atoms with Gasteiger partial charge in [0.15, 0.2) is 0 Å². The molecule has 0 saturated heterocycles. The van der Waals surface area contributed by atoms with Gasteiger partial charge in [0, 0.05) is 5.69 Å². The monoisotopic (exact) mass is 195 g/mol. The van der Waals surface area contributed by atoms with Gasteiger partial charge >= 0.3 is 0 Å². The van der Waals surface area contributed by atoms with Crippen LogP contribution in [0, 0.1) is 0 Å². The Labute approximate surface area is 80.8 Å². The van der Waals surface area contributed by atoms with Crippen LogP contribution in [-0.2, 0) is 6.42 Å².